The quantitative estimate of drug-likeness (QED) is 0.476. The maximum absolute atomic E-state index is 13.9. The van der Waals surface area contributed by atoms with Crippen LogP contribution in [0.2, 0.25) is 0 Å². The molecule has 1 saturated heterocycles. The molecule has 1 saturated carbocycles. The summed E-state index contributed by atoms with van der Waals surface area (Å²) >= 11 is 0. The Kier molecular flexibility index (Phi) is 5.13. The summed E-state index contributed by atoms with van der Waals surface area (Å²) in [7, 11) is 5.24. The van der Waals surface area contributed by atoms with E-state index in [9.17, 15) is 27.6 Å². The molecule has 204 valence electrons. The minimum Gasteiger partial charge on any atom is -0.493 e. The van der Waals surface area contributed by atoms with Crippen molar-refractivity contribution in [3.63, 3.8) is 0 Å². The number of rotatable bonds is 5. The van der Waals surface area contributed by atoms with Crippen molar-refractivity contribution in [1.29, 1.82) is 0 Å². The molecule has 2 aliphatic carbocycles. The highest BCUT2D eigenvalue weighted by Crippen LogP contribution is 2.68. The van der Waals surface area contributed by atoms with E-state index in [0.29, 0.717) is 17.6 Å². The van der Waals surface area contributed by atoms with Gasteiger partial charge in [0.15, 0.2) is 17.1 Å². The molecule has 3 aliphatic rings. The van der Waals surface area contributed by atoms with Crippen LogP contribution in [0.1, 0.15) is 49.1 Å². The summed E-state index contributed by atoms with van der Waals surface area (Å²) in [5.41, 5.74) is -3.15. The number of carbonyl (C=O) groups is 3. The second-order valence-corrected chi connectivity index (χ2v) is 9.47. The molecule has 2 atom stereocenters. The molecule has 3 heterocycles. The van der Waals surface area contributed by atoms with E-state index in [-0.39, 0.29) is 52.3 Å². The zero-order chi connectivity index (χ0) is 28.0. The molecule has 0 radical (unpaired) electrons. The lowest BCUT2D eigenvalue weighted by Gasteiger charge is -2.27. The highest BCUT2D eigenvalue weighted by atomic mass is 19.4. The van der Waals surface area contributed by atoms with E-state index in [1.54, 1.807) is 6.07 Å². The van der Waals surface area contributed by atoms with E-state index in [4.69, 9.17) is 18.6 Å². The highest BCUT2D eigenvalue weighted by Gasteiger charge is 2.69. The van der Waals surface area contributed by atoms with Crippen LogP contribution in [0.4, 0.5) is 13.2 Å². The second-order valence-electron chi connectivity index (χ2n) is 9.47. The van der Waals surface area contributed by atoms with Crippen LogP contribution < -0.4 is 14.2 Å². The summed E-state index contributed by atoms with van der Waals surface area (Å²) < 4.78 is 68.3. The fourth-order valence-corrected chi connectivity index (χ4v) is 5.98. The van der Waals surface area contributed by atoms with Crippen LogP contribution in [0.3, 0.4) is 0 Å². The number of ether oxygens (including phenoxy) is 4. The Morgan fingerprint density at radius 1 is 1.10 bits per heavy atom. The third kappa shape index (κ3) is 3.18. The average molecular weight is 546 g/mol. The molecule has 1 spiro atoms. The Morgan fingerprint density at radius 2 is 1.82 bits per heavy atom. The predicted molar refractivity (Wildman–Crippen MR) is 126 cm³/mol. The zero-order valence-corrected chi connectivity index (χ0v) is 21.1. The minimum absolute atomic E-state index is 0.0785. The van der Waals surface area contributed by atoms with Gasteiger partial charge in [0.05, 0.1) is 39.7 Å². The molecule has 1 aromatic carbocycles. The number of aromatic nitrogens is 1. The minimum atomic E-state index is -4.94. The summed E-state index contributed by atoms with van der Waals surface area (Å²) in [6.45, 7) is 0.116. The van der Waals surface area contributed by atoms with Gasteiger partial charge < -0.3 is 33.2 Å². The van der Waals surface area contributed by atoms with Crippen molar-refractivity contribution in [2.24, 2.45) is 5.92 Å². The molecule has 13 heteroatoms. The molecule has 1 aliphatic heterocycles. The van der Waals surface area contributed by atoms with Crippen molar-refractivity contribution in [3.05, 3.63) is 52.2 Å². The molecule has 3 aromatic rings. The number of halogens is 3. The van der Waals surface area contributed by atoms with Crippen molar-refractivity contribution >= 4 is 28.6 Å². The lowest BCUT2D eigenvalue weighted by molar-refractivity contribution is -0.141. The molecule has 0 unspecified atom stereocenters. The fraction of sp³-hybridized carbons (Fsp3) is 0.346. The lowest BCUT2D eigenvalue weighted by atomic mass is 9.82. The molecular formula is C26H21F3N2O8. The molecule has 2 aromatic heterocycles. The first-order valence-corrected chi connectivity index (χ1v) is 11.7. The number of likely N-dealkylation sites (tertiary alicyclic amines) is 1. The van der Waals surface area contributed by atoms with Crippen LogP contribution in [0.5, 0.6) is 17.2 Å². The number of carbonyl (C=O) groups excluding carboxylic acids is 3. The van der Waals surface area contributed by atoms with Gasteiger partial charge in [-0.1, -0.05) is 0 Å². The SMILES string of the molecule is COC(=O)c1c(C(F)(F)F)[nH]c2c1[C@]13C[C@@H]1CN(C(=O)c1cc4cc(OC)c(OC)c(OC)c4o1)C3=CC2=O. The van der Waals surface area contributed by atoms with E-state index in [2.05, 4.69) is 9.72 Å². The van der Waals surface area contributed by atoms with Crippen LogP contribution in [0.25, 0.3) is 11.0 Å². The number of hydrogen-bond donors (Lipinski definition) is 1. The number of alkyl halides is 3. The number of esters is 1. The Balaban J connectivity index is 1.45. The smallest absolute Gasteiger partial charge is 0.432 e. The largest absolute Gasteiger partial charge is 0.493 e. The van der Waals surface area contributed by atoms with Crippen LogP contribution >= 0.6 is 0 Å². The first-order valence-electron chi connectivity index (χ1n) is 11.7. The Labute approximate surface area is 218 Å². The van der Waals surface area contributed by atoms with Crippen LogP contribution in [-0.4, -0.2) is 62.5 Å². The number of nitrogens with zero attached hydrogens (tertiary/aromatic N) is 1. The number of ketones is 1. The summed E-state index contributed by atoms with van der Waals surface area (Å²) in [6, 6.07) is 3.09. The predicted octanol–water partition coefficient (Wildman–Crippen LogP) is 4.09. The van der Waals surface area contributed by atoms with Gasteiger partial charge in [0, 0.05) is 34.7 Å². The molecule has 10 nitrogen and oxygen atoms in total. The van der Waals surface area contributed by atoms with E-state index in [1.807, 2.05) is 0 Å². The third-order valence-electron chi connectivity index (χ3n) is 7.66. The van der Waals surface area contributed by atoms with E-state index in [1.165, 1.54) is 32.3 Å². The Hall–Kier alpha value is -4.42. The van der Waals surface area contributed by atoms with Crippen molar-refractivity contribution in [3.8, 4) is 17.2 Å². The monoisotopic (exact) mass is 546 g/mol. The van der Waals surface area contributed by atoms with Crippen molar-refractivity contribution in [2.75, 3.05) is 35.0 Å². The van der Waals surface area contributed by atoms with Gasteiger partial charge in [0.2, 0.25) is 17.3 Å². The number of fused-ring (bicyclic) bond motifs is 2. The summed E-state index contributed by atoms with van der Waals surface area (Å²) in [6.07, 6.45) is -3.42. The van der Waals surface area contributed by atoms with Crippen molar-refractivity contribution in [2.45, 2.75) is 18.0 Å². The number of furan rings is 1. The van der Waals surface area contributed by atoms with Gasteiger partial charge in [0.25, 0.3) is 5.91 Å². The molecule has 6 rings (SSSR count). The first-order chi connectivity index (χ1) is 18.5. The number of nitrogens with one attached hydrogen (secondary N) is 1. The normalized spacial score (nSPS) is 21.2. The maximum Gasteiger partial charge on any atom is 0.432 e. The van der Waals surface area contributed by atoms with Gasteiger partial charge in [-0.05, 0) is 24.5 Å². The fourth-order valence-electron chi connectivity index (χ4n) is 5.98. The van der Waals surface area contributed by atoms with Crippen LogP contribution in [0.15, 0.2) is 28.3 Å². The Morgan fingerprint density at radius 3 is 2.44 bits per heavy atom. The number of methoxy groups -OCH3 is 4. The standard InChI is InChI=1S/C26H21F3N2O8/c1-35-13-5-10-6-14(39-19(10)21(37-3)20(13)36-2)23(33)31-9-11-8-25(11)15(31)7-12(32)18-17(25)16(24(34)38-4)22(30-18)26(27,28)29/h5-7,11,30H,8-9H2,1-4H3/t11-,25-/m1/s1. The van der Waals surface area contributed by atoms with Gasteiger partial charge in [-0.15, -0.1) is 0 Å². The van der Waals surface area contributed by atoms with Crippen LogP contribution in [-0.2, 0) is 16.3 Å². The van der Waals surface area contributed by atoms with Crippen LogP contribution in [0, 0.1) is 5.92 Å². The summed E-state index contributed by atoms with van der Waals surface area (Å²) in [4.78, 5) is 42.7. The third-order valence-corrected chi connectivity index (χ3v) is 7.66. The lowest BCUT2D eigenvalue weighted by Crippen LogP contribution is -2.34. The number of benzene rings is 1. The Bertz CT molecular complexity index is 1630. The number of amides is 1. The van der Waals surface area contributed by atoms with E-state index < -0.39 is 40.5 Å². The molecule has 1 N–H and O–H groups in total. The molecular weight excluding hydrogens is 525 g/mol. The van der Waals surface area contributed by atoms with Crippen molar-refractivity contribution < 1.29 is 50.9 Å². The topological polar surface area (TPSA) is 120 Å². The van der Waals surface area contributed by atoms with Crippen molar-refractivity contribution in [1.82, 2.24) is 9.88 Å². The number of H-pyrrole nitrogens is 1. The summed E-state index contributed by atoms with van der Waals surface area (Å²) in [5, 5.41) is 0.483. The molecule has 39 heavy (non-hydrogen) atoms. The molecule has 0 bridgehead atoms. The highest BCUT2D eigenvalue weighted by molar-refractivity contribution is 6.12. The maximum atomic E-state index is 13.9. The van der Waals surface area contributed by atoms with E-state index >= 15 is 0 Å². The first kappa shape index (κ1) is 24.9. The second kappa shape index (κ2) is 8.04. The van der Waals surface area contributed by atoms with Gasteiger partial charge in [-0.3, -0.25) is 9.59 Å². The number of hydrogen-bond acceptors (Lipinski definition) is 8. The molecule has 1 amide bonds. The average Bonchev–Trinajstić information content (AvgIpc) is 3.22. The van der Waals surface area contributed by atoms with Gasteiger partial charge >= 0.3 is 12.1 Å². The number of aromatic amines is 1. The van der Waals surface area contributed by atoms with Gasteiger partial charge in [0.1, 0.15) is 5.69 Å². The number of allylic oxidation sites excluding steroid dienone is 2. The van der Waals surface area contributed by atoms with Gasteiger partial charge in [-0.2, -0.15) is 13.2 Å². The summed E-state index contributed by atoms with van der Waals surface area (Å²) in [5.74, 6) is -2.18. The molecule has 2 fully saturated rings. The zero-order valence-electron chi connectivity index (χ0n) is 21.1. The van der Waals surface area contributed by atoms with Gasteiger partial charge in [-0.25, -0.2) is 4.79 Å². The van der Waals surface area contributed by atoms with E-state index in [0.717, 1.165) is 13.2 Å². The number of piperidine rings is 1.